The summed E-state index contributed by atoms with van der Waals surface area (Å²) in [5.41, 5.74) is 1.12. The van der Waals surface area contributed by atoms with Crippen LogP contribution in [0.25, 0.3) is 0 Å². The Balaban J connectivity index is 2.11. The van der Waals surface area contributed by atoms with Gasteiger partial charge in [-0.25, -0.2) is 0 Å². The van der Waals surface area contributed by atoms with E-state index in [0.29, 0.717) is 11.1 Å². The Labute approximate surface area is 141 Å². The molecule has 0 bridgehead atoms. The van der Waals surface area contributed by atoms with Crippen LogP contribution in [0.5, 0.6) is 0 Å². The Hall–Kier alpha value is -3.56. The van der Waals surface area contributed by atoms with Crippen molar-refractivity contribution >= 4 is 11.4 Å². The zero-order valence-electron chi connectivity index (χ0n) is 12.8. The largest absolute Gasteiger partial charge is 0.310 e. The molecule has 2 rings (SSSR count). The molecule has 0 atom stereocenters. The highest BCUT2D eigenvalue weighted by Crippen LogP contribution is 2.18. The Morgan fingerprint density at radius 3 is 1.36 bits per heavy atom. The molecule has 0 aliphatic heterocycles. The molecule has 0 radical (unpaired) electrons. The predicted molar refractivity (Wildman–Crippen MR) is 85.5 cm³/mol. The van der Waals surface area contributed by atoms with Crippen molar-refractivity contribution in [2.24, 2.45) is 0 Å². The lowest BCUT2D eigenvalue weighted by atomic mass is 10.0. The average Bonchev–Trinajstić information content (AvgIpc) is 2.55. The molecule has 0 spiro atoms. The first-order valence-electron chi connectivity index (χ1n) is 7.13. The average molecular weight is 347 g/mol. The second-order valence-corrected chi connectivity index (χ2v) is 5.21. The van der Waals surface area contributed by atoms with E-state index in [1.165, 1.54) is 48.5 Å². The summed E-state index contributed by atoms with van der Waals surface area (Å²) in [7, 11) is 0. The van der Waals surface area contributed by atoms with Gasteiger partial charge in [0.1, 0.15) is 6.10 Å². The molecule has 0 aliphatic rings. The fourth-order valence-corrected chi connectivity index (χ4v) is 2.30. The van der Waals surface area contributed by atoms with Gasteiger partial charge in [0, 0.05) is 24.3 Å². The quantitative estimate of drug-likeness (QED) is 0.528. The van der Waals surface area contributed by atoms with Crippen LogP contribution in [0.3, 0.4) is 0 Å². The van der Waals surface area contributed by atoms with Crippen LogP contribution in [-0.2, 0) is 17.7 Å². The molecular weight excluding hydrogens is 334 g/mol. The summed E-state index contributed by atoms with van der Waals surface area (Å²) in [6.07, 6.45) is -0.496. The van der Waals surface area contributed by atoms with Crippen LogP contribution in [0.1, 0.15) is 11.1 Å². The summed E-state index contributed by atoms with van der Waals surface area (Å²) in [6.45, 7) is 0. The summed E-state index contributed by atoms with van der Waals surface area (Å²) in [5.74, 6) is 0. The standard InChI is InChI=1S/C15H13N3O7/c19-16(20)13-5-1-11(2-6-13)9-15(25-18(23)24)10-12-3-7-14(8-4-12)17(21)22/h1-8,15H,9-10H2. The Kier molecular flexibility index (Phi) is 5.56. The fraction of sp³-hybridized carbons (Fsp3) is 0.200. The van der Waals surface area contributed by atoms with Gasteiger partial charge >= 0.3 is 0 Å². The highest BCUT2D eigenvalue weighted by molar-refractivity contribution is 5.34. The topological polar surface area (TPSA) is 139 Å². The zero-order valence-corrected chi connectivity index (χ0v) is 12.8. The summed E-state index contributed by atoms with van der Waals surface area (Å²) in [5, 5.41) is 31.1. The summed E-state index contributed by atoms with van der Waals surface area (Å²) in [4.78, 5) is 35.6. The van der Waals surface area contributed by atoms with Crippen LogP contribution in [-0.4, -0.2) is 21.0 Å². The van der Waals surface area contributed by atoms with Gasteiger partial charge in [0.15, 0.2) is 0 Å². The maximum atomic E-state index is 10.7. The lowest BCUT2D eigenvalue weighted by Crippen LogP contribution is -2.22. The molecule has 2 aromatic rings. The van der Waals surface area contributed by atoms with E-state index < -0.39 is 21.0 Å². The number of benzene rings is 2. The van der Waals surface area contributed by atoms with Crippen LogP contribution in [0.15, 0.2) is 48.5 Å². The van der Waals surface area contributed by atoms with E-state index >= 15 is 0 Å². The van der Waals surface area contributed by atoms with Crippen LogP contribution in [0.4, 0.5) is 11.4 Å². The number of nitro benzene ring substituents is 2. The van der Waals surface area contributed by atoms with Crippen molar-refractivity contribution in [3.05, 3.63) is 90.0 Å². The molecule has 0 saturated heterocycles. The Bertz CT molecular complexity index is 715. The molecule has 25 heavy (non-hydrogen) atoms. The van der Waals surface area contributed by atoms with Crippen LogP contribution in [0.2, 0.25) is 0 Å². The van der Waals surface area contributed by atoms with Crippen molar-refractivity contribution in [2.75, 3.05) is 0 Å². The van der Waals surface area contributed by atoms with E-state index in [2.05, 4.69) is 4.84 Å². The highest BCUT2D eigenvalue weighted by atomic mass is 17.0. The van der Waals surface area contributed by atoms with Crippen molar-refractivity contribution in [1.29, 1.82) is 0 Å². The van der Waals surface area contributed by atoms with Gasteiger partial charge in [0.05, 0.1) is 9.85 Å². The number of non-ortho nitro benzene ring substituents is 2. The van der Waals surface area contributed by atoms with Crippen LogP contribution < -0.4 is 0 Å². The van der Waals surface area contributed by atoms with Gasteiger partial charge in [-0.05, 0) is 24.0 Å². The normalized spacial score (nSPS) is 10.4. The van der Waals surface area contributed by atoms with Gasteiger partial charge in [-0.2, -0.15) is 0 Å². The van der Waals surface area contributed by atoms with Crippen molar-refractivity contribution in [3.63, 3.8) is 0 Å². The minimum atomic E-state index is -0.901. The molecular formula is C15H13N3O7. The Morgan fingerprint density at radius 1 is 0.720 bits per heavy atom. The molecule has 10 nitrogen and oxygen atoms in total. The molecule has 2 aromatic carbocycles. The minimum Gasteiger partial charge on any atom is -0.310 e. The number of hydrogen-bond donors (Lipinski definition) is 0. The lowest BCUT2D eigenvalue weighted by Gasteiger charge is -2.15. The van der Waals surface area contributed by atoms with E-state index in [4.69, 9.17) is 0 Å². The first-order chi connectivity index (χ1) is 11.8. The van der Waals surface area contributed by atoms with Gasteiger partial charge in [0.2, 0.25) is 0 Å². The molecule has 0 heterocycles. The van der Waals surface area contributed by atoms with Crippen molar-refractivity contribution in [3.8, 4) is 0 Å². The summed E-state index contributed by atoms with van der Waals surface area (Å²) < 4.78 is 0. The maximum absolute atomic E-state index is 10.7. The molecule has 0 fully saturated rings. The van der Waals surface area contributed by atoms with Gasteiger partial charge in [-0.15, -0.1) is 10.1 Å². The maximum Gasteiger partial charge on any atom is 0.294 e. The highest BCUT2D eigenvalue weighted by Gasteiger charge is 2.17. The van der Waals surface area contributed by atoms with E-state index in [9.17, 15) is 30.3 Å². The summed E-state index contributed by atoms with van der Waals surface area (Å²) in [6, 6.07) is 11.3. The molecule has 0 unspecified atom stereocenters. The monoisotopic (exact) mass is 347 g/mol. The third-order valence-electron chi connectivity index (χ3n) is 3.46. The first kappa shape index (κ1) is 17.8. The van der Waals surface area contributed by atoms with Gasteiger partial charge in [-0.3, -0.25) is 20.2 Å². The number of nitrogens with zero attached hydrogens (tertiary/aromatic N) is 3. The smallest absolute Gasteiger partial charge is 0.294 e. The van der Waals surface area contributed by atoms with Crippen LogP contribution in [0, 0.1) is 30.3 Å². The second-order valence-electron chi connectivity index (χ2n) is 5.21. The molecule has 0 saturated carbocycles. The minimum absolute atomic E-state index is 0.0779. The van der Waals surface area contributed by atoms with E-state index in [0.717, 1.165) is 0 Å². The number of hydrogen-bond acceptors (Lipinski definition) is 7. The van der Waals surface area contributed by atoms with E-state index in [1.807, 2.05) is 0 Å². The third kappa shape index (κ3) is 5.23. The summed E-state index contributed by atoms with van der Waals surface area (Å²) >= 11 is 0. The van der Waals surface area contributed by atoms with E-state index in [1.54, 1.807) is 0 Å². The van der Waals surface area contributed by atoms with Crippen molar-refractivity contribution in [1.82, 2.24) is 0 Å². The van der Waals surface area contributed by atoms with Crippen molar-refractivity contribution < 1.29 is 19.8 Å². The molecule has 0 aromatic heterocycles. The second kappa shape index (κ2) is 7.81. The number of nitro groups is 2. The molecule has 130 valence electrons. The Morgan fingerprint density at radius 2 is 1.08 bits per heavy atom. The molecule has 0 amide bonds. The van der Waals surface area contributed by atoms with Crippen molar-refractivity contribution in [2.45, 2.75) is 18.9 Å². The lowest BCUT2D eigenvalue weighted by molar-refractivity contribution is -0.768. The van der Waals surface area contributed by atoms with Crippen LogP contribution >= 0.6 is 0 Å². The number of rotatable bonds is 8. The van der Waals surface area contributed by atoms with E-state index in [-0.39, 0.29) is 24.2 Å². The molecule has 0 N–H and O–H groups in total. The van der Waals surface area contributed by atoms with Gasteiger partial charge < -0.3 is 4.84 Å². The van der Waals surface area contributed by atoms with Gasteiger partial charge in [0.25, 0.3) is 16.5 Å². The fourth-order valence-electron chi connectivity index (χ4n) is 2.30. The molecule has 10 heteroatoms. The molecule has 0 aliphatic carbocycles. The predicted octanol–water partition coefficient (Wildman–Crippen LogP) is 2.87. The third-order valence-corrected chi connectivity index (χ3v) is 3.46. The zero-order chi connectivity index (χ0) is 18.4. The first-order valence-corrected chi connectivity index (χ1v) is 7.13. The SMILES string of the molecule is O=[N+]([O-])OC(Cc1ccc([N+](=O)[O-])cc1)Cc1ccc([N+](=O)[O-])cc1. The van der Waals surface area contributed by atoms with Gasteiger partial charge in [-0.1, -0.05) is 24.3 Å².